The zero-order chi connectivity index (χ0) is 8.16. The molecule has 3 heteroatoms. The van der Waals surface area contributed by atoms with Gasteiger partial charge in [0.2, 0.25) is 0 Å². The molecule has 11 heavy (non-hydrogen) atoms. The zero-order valence-corrected chi connectivity index (χ0v) is 6.64. The van der Waals surface area contributed by atoms with E-state index in [2.05, 4.69) is 5.32 Å². The molecule has 0 aromatic carbocycles. The first kappa shape index (κ1) is 8.35. The number of nitrogens with zero attached hydrogens (tertiary/aromatic N) is 1. The molecule has 0 heterocycles. The number of aliphatic hydroxyl groups is 1. The molecule has 1 saturated carbocycles. The molecule has 0 aromatic heterocycles. The van der Waals surface area contributed by atoms with Crippen molar-refractivity contribution in [2.24, 2.45) is 0 Å². The monoisotopic (exact) mass is 154 g/mol. The predicted octanol–water partition coefficient (Wildman–Crippen LogP) is 0.752. The van der Waals surface area contributed by atoms with E-state index < -0.39 is 5.60 Å². The Labute approximate surface area is 67.0 Å². The van der Waals surface area contributed by atoms with Crippen molar-refractivity contribution in [3.8, 4) is 6.19 Å². The van der Waals surface area contributed by atoms with E-state index in [1.165, 1.54) is 0 Å². The largest absolute Gasteiger partial charge is 0.390 e. The van der Waals surface area contributed by atoms with E-state index >= 15 is 0 Å². The van der Waals surface area contributed by atoms with Gasteiger partial charge in [-0.2, -0.15) is 5.26 Å². The van der Waals surface area contributed by atoms with E-state index in [-0.39, 0.29) is 0 Å². The summed E-state index contributed by atoms with van der Waals surface area (Å²) >= 11 is 0. The molecule has 0 aromatic rings. The summed E-state index contributed by atoms with van der Waals surface area (Å²) in [5.74, 6) is 0. The fraction of sp³-hybridized carbons (Fsp3) is 0.875. The molecule has 0 radical (unpaired) electrons. The van der Waals surface area contributed by atoms with Gasteiger partial charge in [-0.25, -0.2) is 0 Å². The maximum Gasteiger partial charge on any atom is 0.176 e. The SMILES string of the molecule is N#CNCCC1(O)CCCC1. The highest BCUT2D eigenvalue weighted by Gasteiger charge is 2.29. The van der Waals surface area contributed by atoms with Crippen LogP contribution in [0.25, 0.3) is 0 Å². The number of nitrogens with one attached hydrogen (secondary N) is 1. The van der Waals surface area contributed by atoms with Gasteiger partial charge in [-0.05, 0) is 19.3 Å². The van der Waals surface area contributed by atoms with Crippen molar-refractivity contribution in [1.29, 1.82) is 5.26 Å². The molecule has 0 aliphatic heterocycles. The molecule has 1 aliphatic carbocycles. The molecule has 3 nitrogen and oxygen atoms in total. The molecule has 0 unspecified atom stereocenters. The Morgan fingerprint density at radius 3 is 2.64 bits per heavy atom. The Bertz CT molecular complexity index is 156. The lowest BCUT2D eigenvalue weighted by Crippen LogP contribution is -2.28. The molecular formula is C8H14N2O. The standard InChI is InChI=1S/C8H14N2O/c9-7-10-6-5-8(11)3-1-2-4-8/h10-11H,1-6H2. The second kappa shape index (κ2) is 3.59. The van der Waals surface area contributed by atoms with E-state index in [4.69, 9.17) is 5.26 Å². The van der Waals surface area contributed by atoms with Crippen molar-refractivity contribution in [3.05, 3.63) is 0 Å². The van der Waals surface area contributed by atoms with Gasteiger partial charge >= 0.3 is 0 Å². The Balaban J connectivity index is 2.19. The van der Waals surface area contributed by atoms with Gasteiger partial charge in [0.25, 0.3) is 0 Å². The lowest BCUT2D eigenvalue weighted by Gasteiger charge is -2.20. The van der Waals surface area contributed by atoms with Crippen molar-refractivity contribution in [2.75, 3.05) is 6.54 Å². The molecular weight excluding hydrogens is 140 g/mol. The van der Waals surface area contributed by atoms with Crippen LogP contribution in [0.15, 0.2) is 0 Å². The third-order valence-corrected chi connectivity index (χ3v) is 2.33. The minimum atomic E-state index is -0.468. The smallest absolute Gasteiger partial charge is 0.176 e. The molecule has 0 bridgehead atoms. The summed E-state index contributed by atoms with van der Waals surface area (Å²) in [5, 5.41) is 20.5. The molecule has 1 rings (SSSR count). The molecule has 1 fully saturated rings. The van der Waals surface area contributed by atoms with Crippen LogP contribution in [0.4, 0.5) is 0 Å². The minimum Gasteiger partial charge on any atom is -0.390 e. The van der Waals surface area contributed by atoms with Crippen molar-refractivity contribution >= 4 is 0 Å². The highest BCUT2D eigenvalue weighted by Crippen LogP contribution is 2.31. The van der Waals surface area contributed by atoms with E-state index in [1.54, 1.807) is 0 Å². The van der Waals surface area contributed by atoms with Crippen LogP contribution >= 0.6 is 0 Å². The van der Waals surface area contributed by atoms with Gasteiger partial charge < -0.3 is 10.4 Å². The summed E-state index contributed by atoms with van der Waals surface area (Å²) in [6.07, 6.45) is 6.62. The Morgan fingerprint density at radius 1 is 1.45 bits per heavy atom. The summed E-state index contributed by atoms with van der Waals surface area (Å²) in [7, 11) is 0. The van der Waals surface area contributed by atoms with E-state index in [9.17, 15) is 5.11 Å². The molecule has 0 saturated heterocycles. The Hall–Kier alpha value is -0.750. The van der Waals surface area contributed by atoms with Crippen LogP contribution in [0.3, 0.4) is 0 Å². The number of rotatable bonds is 3. The van der Waals surface area contributed by atoms with Crippen molar-refractivity contribution in [3.63, 3.8) is 0 Å². The van der Waals surface area contributed by atoms with Crippen molar-refractivity contribution < 1.29 is 5.11 Å². The Kier molecular flexibility index (Phi) is 2.72. The van der Waals surface area contributed by atoms with Crippen molar-refractivity contribution in [1.82, 2.24) is 5.32 Å². The highest BCUT2D eigenvalue weighted by atomic mass is 16.3. The van der Waals surface area contributed by atoms with Crippen LogP contribution < -0.4 is 5.32 Å². The van der Waals surface area contributed by atoms with Crippen LogP contribution in [-0.2, 0) is 0 Å². The molecule has 0 amide bonds. The van der Waals surface area contributed by atoms with Gasteiger partial charge in [0, 0.05) is 6.54 Å². The number of hydrogen-bond donors (Lipinski definition) is 2. The number of nitriles is 1. The Morgan fingerprint density at radius 2 is 2.09 bits per heavy atom. The van der Waals surface area contributed by atoms with Gasteiger partial charge in [0.1, 0.15) is 0 Å². The maximum absolute atomic E-state index is 9.77. The molecule has 2 N–H and O–H groups in total. The molecule has 1 aliphatic rings. The fourth-order valence-corrected chi connectivity index (χ4v) is 1.63. The number of hydrogen-bond acceptors (Lipinski definition) is 3. The van der Waals surface area contributed by atoms with Gasteiger partial charge in [0.05, 0.1) is 5.60 Å². The maximum atomic E-state index is 9.77. The normalized spacial score (nSPS) is 21.1. The average molecular weight is 154 g/mol. The van der Waals surface area contributed by atoms with Crippen LogP contribution in [0.2, 0.25) is 0 Å². The first-order valence-corrected chi connectivity index (χ1v) is 4.11. The van der Waals surface area contributed by atoms with E-state index in [0.717, 1.165) is 25.7 Å². The second-order valence-electron chi connectivity index (χ2n) is 3.22. The van der Waals surface area contributed by atoms with E-state index in [1.807, 2.05) is 6.19 Å². The van der Waals surface area contributed by atoms with Crippen LogP contribution in [-0.4, -0.2) is 17.3 Å². The first-order valence-electron chi connectivity index (χ1n) is 4.11. The van der Waals surface area contributed by atoms with Crippen molar-refractivity contribution in [2.45, 2.75) is 37.7 Å². The quantitative estimate of drug-likeness (QED) is 0.358. The summed E-state index contributed by atoms with van der Waals surface area (Å²) in [4.78, 5) is 0. The van der Waals surface area contributed by atoms with Gasteiger partial charge in [-0.1, -0.05) is 12.8 Å². The molecule has 62 valence electrons. The van der Waals surface area contributed by atoms with E-state index in [0.29, 0.717) is 13.0 Å². The summed E-state index contributed by atoms with van der Waals surface area (Å²) < 4.78 is 0. The first-order chi connectivity index (χ1) is 5.27. The van der Waals surface area contributed by atoms with Gasteiger partial charge in [0.15, 0.2) is 6.19 Å². The van der Waals surface area contributed by atoms with Gasteiger partial charge in [-0.15, -0.1) is 0 Å². The fourth-order valence-electron chi connectivity index (χ4n) is 1.63. The predicted molar refractivity (Wildman–Crippen MR) is 41.7 cm³/mol. The zero-order valence-electron chi connectivity index (χ0n) is 6.64. The highest BCUT2D eigenvalue weighted by molar-refractivity contribution is 4.85. The summed E-state index contributed by atoms with van der Waals surface area (Å²) in [6.45, 7) is 0.604. The molecule has 0 atom stereocenters. The van der Waals surface area contributed by atoms with Crippen LogP contribution in [0.5, 0.6) is 0 Å². The minimum absolute atomic E-state index is 0.468. The molecule has 0 spiro atoms. The third-order valence-electron chi connectivity index (χ3n) is 2.33. The van der Waals surface area contributed by atoms with Gasteiger partial charge in [-0.3, -0.25) is 0 Å². The van der Waals surface area contributed by atoms with Crippen LogP contribution in [0, 0.1) is 11.5 Å². The summed E-state index contributed by atoms with van der Waals surface area (Å²) in [6, 6.07) is 0. The lowest BCUT2D eigenvalue weighted by molar-refractivity contribution is 0.0401. The topological polar surface area (TPSA) is 56.0 Å². The third kappa shape index (κ3) is 2.39. The lowest BCUT2D eigenvalue weighted by atomic mass is 9.98. The summed E-state index contributed by atoms with van der Waals surface area (Å²) in [5.41, 5.74) is -0.468. The second-order valence-corrected chi connectivity index (χ2v) is 3.22. The average Bonchev–Trinajstić information content (AvgIpc) is 2.38. The van der Waals surface area contributed by atoms with Crippen LogP contribution in [0.1, 0.15) is 32.1 Å².